The first kappa shape index (κ1) is 17.6. The monoisotopic (exact) mass is 323 g/mol. The van der Waals surface area contributed by atoms with Crippen LogP contribution in [0.3, 0.4) is 0 Å². The van der Waals surface area contributed by atoms with Gasteiger partial charge in [0.2, 0.25) is 0 Å². The van der Waals surface area contributed by atoms with Crippen molar-refractivity contribution in [2.75, 3.05) is 18.6 Å². The summed E-state index contributed by atoms with van der Waals surface area (Å²) in [4.78, 5) is 11.7. The maximum atomic E-state index is 12.0. The van der Waals surface area contributed by atoms with E-state index in [0.29, 0.717) is 6.42 Å². The number of carbonyl (C=O) groups excluding carboxylic acids is 1. The fourth-order valence-electron chi connectivity index (χ4n) is 1.48. The molecule has 1 atom stereocenters. The molecule has 118 valence electrons. The lowest BCUT2D eigenvalue weighted by molar-refractivity contribution is -0.274. The molecule has 4 nitrogen and oxygen atoms in total. The third-order valence-electron chi connectivity index (χ3n) is 2.50. The Morgan fingerprint density at radius 3 is 2.52 bits per heavy atom. The van der Waals surface area contributed by atoms with Crippen LogP contribution in [0.4, 0.5) is 13.2 Å². The van der Waals surface area contributed by atoms with E-state index in [2.05, 4.69) is 10.1 Å². The Hall–Kier alpha value is -1.41. The Morgan fingerprint density at radius 1 is 1.38 bits per heavy atom. The number of nitrogens with one attached hydrogen (secondary N) is 1. The van der Waals surface area contributed by atoms with Crippen LogP contribution in [0.25, 0.3) is 0 Å². The average molecular weight is 323 g/mol. The van der Waals surface area contributed by atoms with E-state index in [1.54, 1.807) is 11.8 Å². The first-order chi connectivity index (χ1) is 9.81. The minimum atomic E-state index is -4.76. The molecule has 0 aliphatic carbocycles. The van der Waals surface area contributed by atoms with Crippen LogP contribution in [0, 0.1) is 0 Å². The maximum absolute atomic E-state index is 12.0. The molecule has 0 aliphatic heterocycles. The second-order valence-corrected chi connectivity index (χ2v) is 5.20. The zero-order valence-corrected chi connectivity index (χ0v) is 12.1. The Morgan fingerprint density at radius 2 is 2.00 bits per heavy atom. The molecule has 0 fully saturated rings. The van der Waals surface area contributed by atoms with Crippen LogP contribution in [-0.4, -0.2) is 42.0 Å². The summed E-state index contributed by atoms with van der Waals surface area (Å²) in [6.07, 6.45) is -2.94. The summed E-state index contributed by atoms with van der Waals surface area (Å²) in [6.45, 7) is 0.0974. The Bertz CT molecular complexity index is 451. The van der Waals surface area contributed by atoms with Crippen LogP contribution < -0.4 is 10.1 Å². The van der Waals surface area contributed by atoms with Gasteiger partial charge in [0.25, 0.3) is 5.91 Å². The molecule has 1 rings (SSSR count). The summed E-state index contributed by atoms with van der Waals surface area (Å²) in [5, 5.41) is 12.1. The first-order valence-corrected chi connectivity index (χ1v) is 7.52. The summed E-state index contributed by atoms with van der Waals surface area (Å²) in [6, 6.07) is 4.58. The number of aliphatic hydroxyl groups is 1. The van der Waals surface area contributed by atoms with Gasteiger partial charge in [-0.2, -0.15) is 11.8 Å². The summed E-state index contributed by atoms with van der Waals surface area (Å²) in [5.74, 6) is -0.0728. The van der Waals surface area contributed by atoms with Crippen molar-refractivity contribution in [1.82, 2.24) is 5.32 Å². The summed E-state index contributed by atoms with van der Waals surface area (Å²) < 4.78 is 39.6. The van der Waals surface area contributed by atoms with Crippen LogP contribution in [0.15, 0.2) is 24.3 Å². The normalized spacial score (nSPS) is 12.8. The number of alkyl halides is 3. The second-order valence-electron chi connectivity index (χ2n) is 4.22. The minimum absolute atomic E-state index is 0.0974. The largest absolute Gasteiger partial charge is 0.573 e. The zero-order chi connectivity index (χ0) is 15.9. The van der Waals surface area contributed by atoms with E-state index in [1.165, 1.54) is 12.1 Å². The highest BCUT2D eigenvalue weighted by atomic mass is 32.2. The number of benzene rings is 1. The highest BCUT2D eigenvalue weighted by Gasteiger charge is 2.31. The first-order valence-electron chi connectivity index (χ1n) is 6.13. The highest BCUT2D eigenvalue weighted by molar-refractivity contribution is 7.98. The molecule has 1 amide bonds. The average Bonchev–Trinajstić information content (AvgIpc) is 2.41. The van der Waals surface area contributed by atoms with Gasteiger partial charge in [0.1, 0.15) is 5.75 Å². The molecule has 21 heavy (non-hydrogen) atoms. The summed E-state index contributed by atoms with van der Waals surface area (Å²) in [5.41, 5.74) is 0.196. The van der Waals surface area contributed by atoms with Crippen molar-refractivity contribution in [3.05, 3.63) is 29.8 Å². The van der Waals surface area contributed by atoms with Crippen molar-refractivity contribution < 1.29 is 27.8 Å². The highest BCUT2D eigenvalue weighted by Crippen LogP contribution is 2.22. The van der Waals surface area contributed by atoms with Gasteiger partial charge in [-0.05, 0) is 42.7 Å². The number of rotatable bonds is 7. The second kappa shape index (κ2) is 8.14. The van der Waals surface area contributed by atoms with E-state index in [-0.39, 0.29) is 17.9 Å². The Labute approximate surface area is 124 Å². The molecular weight excluding hydrogens is 307 g/mol. The number of carbonyl (C=O) groups is 1. The molecule has 1 aromatic rings. The molecule has 0 aliphatic rings. The molecule has 0 radical (unpaired) electrons. The molecule has 0 bridgehead atoms. The van der Waals surface area contributed by atoms with Gasteiger partial charge in [0.15, 0.2) is 0 Å². The number of hydrogen-bond donors (Lipinski definition) is 2. The van der Waals surface area contributed by atoms with Gasteiger partial charge in [-0.1, -0.05) is 0 Å². The Kier molecular flexibility index (Phi) is 6.83. The van der Waals surface area contributed by atoms with Crippen molar-refractivity contribution in [2.45, 2.75) is 18.9 Å². The van der Waals surface area contributed by atoms with E-state index in [0.717, 1.165) is 17.9 Å². The topological polar surface area (TPSA) is 58.6 Å². The van der Waals surface area contributed by atoms with E-state index in [4.69, 9.17) is 0 Å². The van der Waals surface area contributed by atoms with Gasteiger partial charge in [-0.15, -0.1) is 13.2 Å². The summed E-state index contributed by atoms with van der Waals surface area (Å²) in [7, 11) is 0. The van der Waals surface area contributed by atoms with Crippen molar-refractivity contribution >= 4 is 17.7 Å². The number of halogens is 3. The lowest BCUT2D eigenvalue weighted by Gasteiger charge is -2.12. The summed E-state index contributed by atoms with van der Waals surface area (Å²) >= 11 is 1.59. The molecule has 0 saturated carbocycles. The molecule has 0 saturated heterocycles. The van der Waals surface area contributed by atoms with E-state index in [1.807, 2.05) is 6.26 Å². The van der Waals surface area contributed by atoms with Crippen molar-refractivity contribution in [1.29, 1.82) is 0 Å². The third kappa shape index (κ3) is 7.24. The smallest absolute Gasteiger partial charge is 0.406 e. The number of hydrogen-bond acceptors (Lipinski definition) is 4. The lowest BCUT2D eigenvalue weighted by Crippen LogP contribution is -2.32. The third-order valence-corrected chi connectivity index (χ3v) is 3.15. The van der Waals surface area contributed by atoms with Gasteiger partial charge >= 0.3 is 6.36 Å². The SMILES string of the molecule is CSCCC(O)CNC(=O)c1ccc(OC(F)(F)F)cc1. The van der Waals surface area contributed by atoms with Crippen LogP contribution in [0.2, 0.25) is 0 Å². The molecule has 2 N–H and O–H groups in total. The quantitative estimate of drug-likeness (QED) is 0.809. The maximum Gasteiger partial charge on any atom is 0.573 e. The van der Waals surface area contributed by atoms with Gasteiger partial charge in [-0.3, -0.25) is 4.79 Å². The fraction of sp³-hybridized carbons (Fsp3) is 0.462. The molecular formula is C13H16F3NO3S. The van der Waals surface area contributed by atoms with Crippen molar-refractivity contribution in [2.24, 2.45) is 0 Å². The van der Waals surface area contributed by atoms with Crippen molar-refractivity contribution in [3.63, 3.8) is 0 Å². The number of aliphatic hydroxyl groups excluding tert-OH is 1. The van der Waals surface area contributed by atoms with E-state index < -0.39 is 18.4 Å². The Balaban J connectivity index is 2.48. The predicted octanol–water partition coefficient (Wildman–Crippen LogP) is 2.43. The number of amides is 1. The molecule has 0 aromatic heterocycles. The molecule has 1 unspecified atom stereocenters. The molecule has 8 heteroatoms. The van der Waals surface area contributed by atoms with Crippen molar-refractivity contribution in [3.8, 4) is 5.75 Å². The molecule has 0 heterocycles. The minimum Gasteiger partial charge on any atom is -0.406 e. The van der Waals surface area contributed by atoms with Gasteiger partial charge < -0.3 is 15.2 Å². The fourth-order valence-corrected chi connectivity index (χ4v) is 1.98. The molecule has 1 aromatic carbocycles. The predicted molar refractivity (Wildman–Crippen MR) is 74.5 cm³/mol. The van der Waals surface area contributed by atoms with Gasteiger partial charge in [0.05, 0.1) is 6.10 Å². The number of ether oxygens (including phenoxy) is 1. The van der Waals surface area contributed by atoms with Gasteiger partial charge in [-0.25, -0.2) is 0 Å². The standard InChI is InChI=1S/C13H16F3NO3S/c1-21-7-6-10(18)8-17-12(19)9-2-4-11(5-3-9)20-13(14,15)16/h2-5,10,18H,6-8H2,1H3,(H,17,19). The number of thioether (sulfide) groups is 1. The van der Waals surface area contributed by atoms with Crippen LogP contribution in [-0.2, 0) is 0 Å². The van der Waals surface area contributed by atoms with E-state index >= 15 is 0 Å². The van der Waals surface area contributed by atoms with Crippen LogP contribution >= 0.6 is 11.8 Å². The zero-order valence-electron chi connectivity index (χ0n) is 11.3. The van der Waals surface area contributed by atoms with Crippen LogP contribution in [0.5, 0.6) is 5.75 Å². The van der Waals surface area contributed by atoms with Gasteiger partial charge in [0, 0.05) is 12.1 Å². The lowest BCUT2D eigenvalue weighted by atomic mass is 10.2. The van der Waals surface area contributed by atoms with Crippen LogP contribution in [0.1, 0.15) is 16.8 Å². The molecule has 0 spiro atoms. The van der Waals surface area contributed by atoms with E-state index in [9.17, 15) is 23.1 Å².